The van der Waals surface area contributed by atoms with Crippen molar-refractivity contribution >= 4 is 0 Å². The van der Waals surface area contributed by atoms with Gasteiger partial charge >= 0.3 is 0 Å². The minimum absolute atomic E-state index is 0.785. The maximum Gasteiger partial charge on any atom is 0.00952 e. The van der Waals surface area contributed by atoms with Crippen LogP contribution in [0, 0.1) is 5.92 Å². The van der Waals surface area contributed by atoms with E-state index in [1.165, 1.54) is 25.8 Å². The molecule has 1 heterocycles. The molecule has 0 aromatic heterocycles. The molecule has 1 saturated heterocycles. The van der Waals surface area contributed by atoms with Gasteiger partial charge in [-0.05, 0) is 39.2 Å². The van der Waals surface area contributed by atoms with Crippen molar-refractivity contribution in [1.29, 1.82) is 0 Å². The number of hydrogen-bond acceptors (Lipinski definition) is 1. The fourth-order valence-electron chi connectivity index (χ4n) is 2.23. The number of nitrogens with zero attached hydrogens (tertiary/aromatic N) is 1. The third kappa shape index (κ3) is 2.01. The Morgan fingerprint density at radius 2 is 2.08 bits per heavy atom. The first-order chi connectivity index (χ1) is 5.66. The van der Waals surface area contributed by atoms with Gasteiger partial charge in [-0.25, -0.2) is 0 Å². The summed E-state index contributed by atoms with van der Waals surface area (Å²) in [5, 5.41) is 0. The maximum absolute atomic E-state index is 2.67. The topological polar surface area (TPSA) is 3.24 Å². The highest BCUT2D eigenvalue weighted by Gasteiger charge is 2.27. The van der Waals surface area contributed by atoms with E-state index in [2.05, 4.69) is 32.6 Å². The largest absolute Gasteiger partial charge is 0.298 e. The zero-order valence-corrected chi connectivity index (χ0v) is 9.01. The van der Waals surface area contributed by atoms with Gasteiger partial charge in [0, 0.05) is 12.1 Å². The molecule has 1 nitrogen and oxygen atoms in total. The summed E-state index contributed by atoms with van der Waals surface area (Å²) >= 11 is 0. The van der Waals surface area contributed by atoms with Crippen molar-refractivity contribution in [2.45, 2.75) is 59.0 Å². The molecule has 0 spiro atoms. The normalized spacial score (nSPS) is 30.5. The van der Waals surface area contributed by atoms with Gasteiger partial charge in [-0.2, -0.15) is 0 Å². The Balaban J connectivity index is 2.45. The standard InChI is InChI=1S/C11H23N/c1-5-9(2)11(4)12-8-6-7-10(12)3/h9-11H,5-8H2,1-4H3. The van der Waals surface area contributed by atoms with Crippen molar-refractivity contribution in [3.05, 3.63) is 0 Å². The second-order valence-corrected chi connectivity index (χ2v) is 4.36. The molecule has 0 aliphatic carbocycles. The molecule has 3 unspecified atom stereocenters. The molecule has 3 atom stereocenters. The van der Waals surface area contributed by atoms with Crippen LogP contribution in [0.15, 0.2) is 0 Å². The summed E-state index contributed by atoms with van der Waals surface area (Å²) in [4.78, 5) is 2.67. The van der Waals surface area contributed by atoms with Gasteiger partial charge < -0.3 is 0 Å². The summed E-state index contributed by atoms with van der Waals surface area (Å²) in [5.74, 6) is 0.852. The lowest BCUT2D eigenvalue weighted by molar-refractivity contribution is 0.153. The second kappa shape index (κ2) is 4.27. The fraction of sp³-hybridized carbons (Fsp3) is 1.00. The van der Waals surface area contributed by atoms with Crippen LogP contribution in [0.3, 0.4) is 0 Å². The summed E-state index contributed by atoms with van der Waals surface area (Å²) < 4.78 is 0. The molecule has 1 rings (SSSR count). The molecule has 0 amide bonds. The molecule has 0 bridgehead atoms. The van der Waals surface area contributed by atoms with E-state index in [4.69, 9.17) is 0 Å². The van der Waals surface area contributed by atoms with E-state index in [0.29, 0.717) is 0 Å². The summed E-state index contributed by atoms with van der Waals surface area (Å²) in [6.45, 7) is 10.7. The smallest absolute Gasteiger partial charge is 0.00952 e. The van der Waals surface area contributed by atoms with E-state index in [1.807, 2.05) is 0 Å². The van der Waals surface area contributed by atoms with E-state index in [1.54, 1.807) is 0 Å². The van der Waals surface area contributed by atoms with Crippen molar-refractivity contribution in [1.82, 2.24) is 4.90 Å². The van der Waals surface area contributed by atoms with Crippen molar-refractivity contribution in [2.75, 3.05) is 6.54 Å². The van der Waals surface area contributed by atoms with E-state index in [9.17, 15) is 0 Å². The van der Waals surface area contributed by atoms with Gasteiger partial charge in [0.2, 0.25) is 0 Å². The van der Waals surface area contributed by atoms with Gasteiger partial charge in [0.25, 0.3) is 0 Å². The molecule has 1 aliphatic heterocycles. The van der Waals surface area contributed by atoms with Crippen LogP contribution in [-0.4, -0.2) is 23.5 Å². The van der Waals surface area contributed by atoms with Crippen molar-refractivity contribution in [3.63, 3.8) is 0 Å². The Morgan fingerprint density at radius 3 is 2.50 bits per heavy atom. The molecule has 0 aromatic carbocycles. The van der Waals surface area contributed by atoms with Gasteiger partial charge in [0.05, 0.1) is 0 Å². The van der Waals surface area contributed by atoms with Crippen LogP contribution in [0.2, 0.25) is 0 Å². The van der Waals surface area contributed by atoms with Crippen LogP contribution in [0.5, 0.6) is 0 Å². The lowest BCUT2D eigenvalue weighted by Gasteiger charge is -2.32. The Bertz CT molecular complexity index is 133. The Hall–Kier alpha value is -0.0400. The molecule has 1 fully saturated rings. The highest BCUT2D eigenvalue weighted by atomic mass is 15.2. The molecular weight excluding hydrogens is 146 g/mol. The molecular formula is C11H23N. The van der Waals surface area contributed by atoms with Crippen LogP contribution in [0.25, 0.3) is 0 Å². The first-order valence-electron chi connectivity index (χ1n) is 5.42. The first-order valence-corrected chi connectivity index (χ1v) is 5.42. The number of rotatable bonds is 3. The minimum Gasteiger partial charge on any atom is -0.298 e. The van der Waals surface area contributed by atoms with E-state index in [-0.39, 0.29) is 0 Å². The SMILES string of the molecule is CCC(C)C(C)N1CCCC1C. The molecule has 0 saturated carbocycles. The zero-order valence-electron chi connectivity index (χ0n) is 9.01. The van der Waals surface area contributed by atoms with Gasteiger partial charge in [0.15, 0.2) is 0 Å². The van der Waals surface area contributed by atoms with Gasteiger partial charge in [-0.15, -0.1) is 0 Å². The van der Waals surface area contributed by atoms with E-state index >= 15 is 0 Å². The summed E-state index contributed by atoms with van der Waals surface area (Å²) in [6.07, 6.45) is 4.12. The van der Waals surface area contributed by atoms with Gasteiger partial charge in [-0.1, -0.05) is 20.3 Å². The first kappa shape index (κ1) is 10.0. The predicted molar refractivity (Wildman–Crippen MR) is 54.3 cm³/mol. The third-order valence-corrected chi connectivity index (χ3v) is 3.59. The van der Waals surface area contributed by atoms with Crippen molar-refractivity contribution in [2.24, 2.45) is 5.92 Å². The Kier molecular flexibility index (Phi) is 3.57. The summed E-state index contributed by atoms with van der Waals surface area (Å²) in [6, 6.07) is 1.61. The number of likely N-dealkylation sites (tertiary alicyclic amines) is 1. The number of hydrogen-bond donors (Lipinski definition) is 0. The molecule has 0 aromatic rings. The zero-order chi connectivity index (χ0) is 9.14. The molecule has 0 N–H and O–H groups in total. The second-order valence-electron chi connectivity index (χ2n) is 4.36. The lowest BCUT2D eigenvalue weighted by atomic mass is 9.99. The molecule has 1 heteroatoms. The quantitative estimate of drug-likeness (QED) is 0.628. The fourth-order valence-corrected chi connectivity index (χ4v) is 2.23. The van der Waals surface area contributed by atoms with Crippen LogP contribution >= 0.6 is 0 Å². The Morgan fingerprint density at radius 1 is 1.42 bits per heavy atom. The minimum atomic E-state index is 0.785. The van der Waals surface area contributed by atoms with E-state index in [0.717, 1.165) is 18.0 Å². The molecule has 0 radical (unpaired) electrons. The summed E-state index contributed by atoms with van der Waals surface area (Å²) in [7, 11) is 0. The molecule has 72 valence electrons. The van der Waals surface area contributed by atoms with Crippen molar-refractivity contribution < 1.29 is 0 Å². The highest BCUT2D eigenvalue weighted by molar-refractivity contribution is 4.81. The monoisotopic (exact) mass is 169 g/mol. The average Bonchev–Trinajstić information content (AvgIpc) is 2.48. The van der Waals surface area contributed by atoms with Gasteiger partial charge in [0.1, 0.15) is 0 Å². The van der Waals surface area contributed by atoms with Crippen LogP contribution < -0.4 is 0 Å². The Labute approximate surface area is 77.1 Å². The van der Waals surface area contributed by atoms with Crippen LogP contribution in [0.1, 0.15) is 47.0 Å². The third-order valence-electron chi connectivity index (χ3n) is 3.59. The van der Waals surface area contributed by atoms with Gasteiger partial charge in [-0.3, -0.25) is 4.90 Å². The summed E-state index contributed by atoms with van der Waals surface area (Å²) in [5.41, 5.74) is 0. The predicted octanol–water partition coefficient (Wildman–Crippen LogP) is 2.91. The molecule has 12 heavy (non-hydrogen) atoms. The van der Waals surface area contributed by atoms with Crippen LogP contribution in [-0.2, 0) is 0 Å². The lowest BCUT2D eigenvalue weighted by Crippen LogP contribution is -2.39. The van der Waals surface area contributed by atoms with Crippen molar-refractivity contribution in [3.8, 4) is 0 Å². The van der Waals surface area contributed by atoms with E-state index < -0.39 is 0 Å². The average molecular weight is 169 g/mol. The maximum atomic E-state index is 2.67. The highest BCUT2D eigenvalue weighted by Crippen LogP contribution is 2.24. The molecule has 1 aliphatic rings. The van der Waals surface area contributed by atoms with Crippen LogP contribution in [0.4, 0.5) is 0 Å².